The molecule has 0 aliphatic carbocycles. The Balaban J connectivity index is 2.69. The highest BCUT2D eigenvalue weighted by atomic mass is 16.3. The van der Waals surface area contributed by atoms with Crippen LogP contribution in [0.25, 0.3) is 0 Å². The fourth-order valence-corrected chi connectivity index (χ4v) is 1.87. The Bertz CT molecular complexity index is 358. The van der Waals surface area contributed by atoms with E-state index in [1.54, 1.807) is 0 Å². The summed E-state index contributed by atoms with van der Waals surface area (Å²) in [4.78, 5) is 0. The highest BCUT2D eigenvalue weighted by molar-refractivity contribution is 5.34. The van der Waals surface area contributed by atoms with Crippen molar-refractivity contribution in [1.82, 2.24) is 0 Å². The Morgan fingerprint density at radius 2 is 1.71 bits per heavy atom. The molecule has 2 atom stereocenters. The van der Waals surface area contributed by atoms with Crippen LogP contribution in [0.2, 0.25) is 0 Å². The van der Waals surface area contributed by atoms with Crippen molar-refractivity contribution in [2.24, 2.45) is 5.92 Å². The highest BCUT2D eigenvalue weighted by Gasteiger charge is 2.14. The largest absolute Gasteiger partial charge is 0.392 e. The summed E-state index contributed by atoms with van der Waals surface area (Å²) in [7, 11) is 0. The normalized spacial score (nSPS) is 13.6. The SMILES string of the molecule is CCCC(O)C(C#Cc1ccccc1)CCC. The maximum absolute atomic E-state index is 10.0. The second-order valence-corrected chi connectivity index (χ2v) is 4.39. The predicted molar refractivity (Wildman–Crippen MR) is 72.6 cm³/mol. The van der Waals surface area contributed by atoms with E-state index in [9.17, 15) is 5.11 Å². The maximum Gasteiger partial charge on any atom is 0.0677 e. The number of hydrogen-bond acceptors (Lipinski definition) is 1. The Kier molecular flexibility index (Phi) is 6.43. The van der Waals surface area contributed by atoms with Crippen molar-refractivity contribution < 1.29 is 5.11 Å². The first-order valence-electron chi connectivity index (χ1n) is 6.52. The van der Waals surface area contributed by atoms with Gasteiger partial charge in [0.1, 0.15) is 0 Å². The Hall–Kier alpha value is -1.26. The molecule has 0 amide bonds. The van der Waals surface area contributed by atoms with Crippen LogP contribution in [0.3, 0.4) is 0 Å². The van der Waals surface area contributed by atoms with Crippen molar-refractivity contribution in [3.8, 4) is 11.8 Å². The first kappa shape index (κ1) is 13.8. The number of aliphatic hydroxyl groups excluding tert-OH is 1. The molecule has 92 valence electrons. The van der Waals surface area contributed by atoms with Crippen molar-refractivity contribution in [1.29, 1.82) is 0 Å². The van der Waals surface area contributed by atoms with Gasteiger partial charge >= 0.3 is 0 Å². The summed E-state index contributed by atoms with van der Waals surface area (Å²) >= 11 is 0. The predicted octanol–water partition coefficient (Wildman–Crippen LogP) is 3.62. The average Bonchev–Trinajstić information content (AvgIpc) is 2.36. The smallest absolute Gasteiger partial charge is 0.0677 e. The molecule has 0 fully saturated rings. The van der Waals surface area contributed by atoms with E-state index in [0.717, 1.165) is 31.2 Å². The summed E-state index contributed by atoms with van der Waals surface area (Å²) in [6.07, 6.45) is 3.61. The van der Waals surface area contributed by atoms with Crippen LogP contribution in [0.15, 0.2) is 30.3 Å². The zero-order valence-electron chi connectivity index (χ0n) is 10.8. The molecule has 0 saturated heterocycles. The summed E-state index contributed by atoms with van der Waals surface area (Å²) in [6, 6.07) is 9.97. The van der Waals surface area contributed by atoms with Gasteiger partial charge in [-0.25, -0.2) is 0 Å². The summed E-state index contributed by atoms with van der Waals surface area (Å²) < 4.78 is 0. The number of hydrogen-bond donors (Lipinski definition) is 1. The van der Waals surface area contributed by atoms with Gasteiger partial charge in [0.2, 0.25) is 0 Å². The lowest BCUT2D eigenvalue weighted by molar-refractivity contribution is 0.119. The molecule has 1 aromatic rings. The van der Waals surface area contributed by atoms with Gasteiger partial charge < -0.3 is 5.11 Å². The van der Waals surface area contributed by atoms with Gasteiger partial charge in [0.05, 0.1) is 6.10 Å². The summed E-state index contributed by atoms with van der Waals surface area (Å²) in [5, 5.41) is 10.0. The van der Waals surface area contributed by atoms with Crippen molar-refractivity contribution in [2.75, 3.05) is 0 Å². The van der Waals surface area contributed by atoms with Gasteiger partial charge in [-0.3, -0.25) is 0 Å². The molecule has 1 heteroatoms. The second kappa shape index (κ2) is 7.92. The zero-order chi connectivity index (χ0) is 12.5. The molecule has 0 heterocycles. The fraction of sp³-hybridized carbons (Fsp3) is 0.500. The minimum atomic E-state index is -0.281. The van der Waals surface area contributed by atoms with Crippen LogP contribution >= 0.6 is 0 Å². The van der Waals surface area contributed by atoms with Gasteiger partial charge in [-0.1, -0.05) is 56.7 Å². The third-order valence-corrected chi connectivity index (χ3v) is 2.82. The molecule has 0 saturated carbocycles. The molecule has 0 radical (unpaired) electrons. The van der Waals surface area contributed by atoms with Gasteiger partial charge in [0, 0.05) is 11.5 Å². The van der Waals surface area contributed by atoms with E-state index in [2.05, 4.69) is 25.7 Å². The summed E-state index contributed by atoms with van der Waals surface area (Å²) in [6.45, 7) is 4.23. The van der Waals surface area contributed by atoms with Crippen LogP contribution < -0.4 is 0 Å². The highest BCUT2D eigenvalue weighted by Crippen LogP contribution is 2.15. The molecule has 17 heavy (non-hydrogen) atoms. The molecule has 0 bridgehead atoms. The Morgan fingerprint density at radius 1 is 1.06 bits per heavy atom. The van der Waals surface area contributed by atoms with Crippen LogP contribution in [-0.2, 0) is 0 Å². The van der Waals surface area contributed by atoms with E-state index in [1.165, 1.54) is 0 Å². The van der Waals surface area contributed by atoms with Crippen molar-refractivity contribution >= 4 is 0 Å². The molecule has 1 aromatic carbocycles. The molecule has 2 unspecified atom stereocenters. The zero-order valence-corrected chi connectivity index (χ0v) is 10.8. The molecular weight excluding hydrogens is 208 g/mol. The lowest BCUT2D eigenvalue weighted by Crippen LogP contribution is -2.18. The topological polar surface area (TPSA) is 20.2 Å². The van der Waals surface area contributed by atoms with Gasteiger partial charge in [0.25, 0.3) is 0 Å². The summed E-state index contributed by atoms with van der Waals surface area (Å²) in [5.41, 5.74) is 1.03. The van der Waals surface area contributed by atoms with E-state index in [1.807, 2.05) is 30.3 Å². The Morgan fingerprint density at radius 3 is 2.29 bits per heavy atom. The first-order valence-corrected chi connectivity index (χ1v) is 6.52. The first-order chi connectivity index (χ1) is 8.27. The lowest BCUT2D eigenvalue weighted by Gasteiger charge is -2.16. The van der Waals surface area contributed by atoms with E-state index in [4.69, 9.17) is 0 Å². The van der Waals surface area contributed by atoms with Crippen LogP contribution in [-0.4, -0.2) is 11.2 Å². The number of aliphatic hydroxyl groups is 1. The number of rotatable bonds is 5. The van der Waals surface area contributed by atoms with Crippen LogP contribution in [0.4, 0.5) is 0 Å². The molecule has 1 nitrogen and oxygen atoms in total. The molecule has 1 rings (SSSR count). The van der Waals surface area contributed by atoms with Crippen molar-refractivity contribution in [3.05, 3.63) is 35.9 Å². The van der Waals surface area contributed by atoms with Gasteiger partial charge in [-0.05, 0) is 25.0 Å². The fourth-order valence-electron chi connectivity index (χ4n) is 1.87. The minimum absolute atomic E-state index is 0.111. The second-order valence-electron chi connectivity index (χ2n) is 4.39. The standard InChI is InChI=1S/C16H22O/c1-3-8-15(16(17)9-4-2)13-12-14-10-6-5-7-11-14/h5-7,10-11,15-17H,3-4,8-9H2,1-2H3. The maximum atomic E-state index is 10.0. The van der Waals surface area contributed by atoms with E-state index >= 15 is 0 Å². The monoisotopic (exact) mass is 230 g/mol. The Labute approximate surface area is 105 Å². The molecule has 1 N–H and O–H groups in total. The molecule has 0 aliphatic heterocycles. The van der Waals surface area contributed by atoms with Crippen molar-refractivity contribution in [2.45, 2.75) is 45.6 Å². The molecule has 0 aliphatic rings. The third-order valence-electron chi connectivity index (χ3n) is 2.82. The molecular formula is C16H22O. The van der Waals surface area contributed by atoms with Gasteiger partial charge in [0.15, 0.2) is 0 Å². The molecule has 0 aromatic heterocycles. The van der Waals surface area contributed by atoms with Crippen LogP contribution in [0, 0.1) is 17.8 Å². The van der Waals surface area contributed by atoms with Gasteiger partial charge in [-0.2, -0.15) is 0 Å². The van der Waals surface area contributed by atoms with E-state index in [-0.39, 0.29) is 12.0 Å². The number of benzene rings is 1. The third kappa shape index (κ3) is 5.06. The average molecular weight is 230 g/mol. The summed E-state index contributed by atoms with van der Waals surface area (Å²) in [5.74, 6) is 6.49. The van der Waals surface area contributed by atoms with E-state index in [0.29, 0.717) is 0 Å². The minimum Gasteiger partial charge on any atom is -0.392 e. The lowest BCUT2D eigenvalue weighted by atomic mass is 9.94. The van der Waals surface area contributed by atoms with Crippen LogP contribution in [0.1, 0.15) is 45.1 Å². The van der Waals surface area contributed by atoms with Crippen LogP contribution in [0.5, 0.6) is 0 Å². The quantitative estimate of drug-likeness (QED) is 0.766. The van der Waals surface area contributed by atoms with Crippen molar-refractivity contribution in [3.63, 3.8) is 0 Å². The van der Waals surface area contributed by atoms with Gasteiger partial charge in [-0.15, -0.1) is 0 Å². The van der Waals surface area contributed by atoms with E-state index < -0.39 is 0 Å². The molecule has 0 spiro atoms.